The number of carbonyl (C=O) groups excluding carboxylic acids is 1. The largest absolute Gasteiger partial charge is 0.351 e. The molecular weight excluding hydrogens is 296 g/mol. The van der Waals surface area contributed by atoms with Crippen molar-refractivity contribution in [1.82, 2.24) is 5.32 Å². The summed E-state index contributed by atoms with van der Waals surface area (Å²) in [4.78, 5) is 17.1. The number of rotatable bonds is 3. The summed E-state index contributed by atoms with van der Waals surface area (Å²) in [5.74, 6) is -0.267. The molecule has 1 aliphatic rings. The Kier molecular flexibility index (Phi) is 4.15. The Hall–Kier alpha value is -2.27. The van der Waals surface area contributed by atoms with Crippen LogP contribution < -0.4 is 5.32 Å². The predicted molar refractivity (Wildman–Crippen MR) is 87.8 cm³/mol. The maximum absolute atomic E-state index is 12.5. The van der Waals surface area contributed by atoms with Crippen molar-refractivity contribution in [3.05, 3.63) is 59.7 Å². The first-order valence-electron chi connectivity index (χ1n) is 7.02. The highest BCUT2D eigenvalue weighted by Gasteiger charge is 2.28. The van der Waals surface area contributed by atoms with E-state index in [1.54, 1.807) is 18.2 Å². The summed E-state index contributed by atoms with van der Waals surface area (Å²) >= 11 is 0. The molecule has 2 aromatic carbocycles. The Morgan fingerprint density at radius 3 is 2.68 bits per heavy atom. The first-order valence-corrected chi connectivity index (χ1v) is 8.23. The molecule has 0 spiro atoms. The van der Waals surface area contributed by atoms with E-state index in [2.05, 4.69) is 10.3 Å². The Balaban J connectivity index is 1.69. The van der Waals surface area contributed by atoms with Gasteiger partial charge in [0.25, 0.3) is 0 Å². The highest BCUT2D eigenvalue weighted by molar-refractivity contribution is 7.87. The Morgan fingerprint density at radius 2 is 1.91 bits per heavy atom. The molecule has 0 aromatic heterocycles. The zero-order valence-corrected chi connectivity index (χ0v) is 13.0. The molecule has 2 unspecified atom stereocenters. The number of nitrogens with one attached hydrogen (secondary N) is 1. The summed E-state index contributed by atoms with van der Waals surface area (Å²) in [6.45, 7) is 2.43. The zero-order chi connectivity index (χ0) is 15.5. The molecule has 0 radical (unpaired) electrons. The van der Waals surface area contributed by atoms with Crippen LogP contribution in [0.5, 0.6) is 0 Å². The average molecular weight is 312 g/mol. The minimum absolute atomic E-state index is 0.267. The summed E-state index contributed by atoms with van der Waals surface area (Å²) < 4.78 is 12.5. The number of aryl methyl sites for hydroxylation is 1. The summed E-state index contributed by atoms with van der Waals surface area (Å²) in [5.41, 5.74) is 2.86. The highest BCUT2D eigenvalue weighted by atomic mass is 32.2. The first kappa shape index (κ1) is 14.7. The van der Waals surface area contributed by atoms with E-state index in [1.807, 2.05) is 37.3 Å². The highest BCUT2D eigenvalue weighted by Crippen LogP contribution is 2.27. The van der Waals surface area contributed by atoms with E-state index in [1.165, 1.54) is 11.8 Å². The van der Waals surface area contributed by atoms with Gasteiger partial charge in [-0.2, -0.15) is 0 Å². The van der Waals surface area contributed by atoms with E-state index in [9.17, 15) is 9.00 Å². The monoisotopic (exact) mass is 312 g/mol. The Labute approximate surface area is 131 Å². The summed E-state index contributed by atoms with van der Waals surface area (Å²) in [7, 11) is -1.41. The fourth-order valence-corrected chi connectivity index (χ4v) is 3.50. The SMILES string of the molecule is Cc1ccc(CNC(=O)C2C=Nc3ccccc3S2=O)cc1. The van der Waals surface area contributed by atoms with Gasteiger partial charge in [-0.3, -0.25) is 14.0 Å². The van der Waals surface area contributed by atoms with Gasteiger partial charge in [0.05, 0.1) is 21.4 Å². The van der Waals surface area contributed by atoms with Crippen LogP contribution in [-0.2, 0) is 22.1 Å². The lowest BCUT2D eigenvalue weighted by molar-refractivity contribution is -0.119. The van der Waals surface area contributed by atoms with Crippen LogP contribution in [0.15, 0.2) is 58.4 Å². The van der Waals surface area contributed by atoms with Crippen molar-refractivity contribution >= 4 is 28.6 Å². The van der Waals surface area contributed by atoms with E-state index >= 15 is 0 Å². The molecular formula is C17H16N2O2S. The molecule has 112 valence electrons. The van der Waals surface area contributed by atoms with Gasteiger partial charge >= 0.3 is 0 Å². The van der Waals surface area contributed by atoms with Crippen molar-refractivity contribution in [2.45, 2.75) is 23.6 Å². The second-order valence-corrected chi connectivity index (χ2v) is 6.71. The topological polar surface area (TPSA) is 58.5 Å². The number of hydrogen-bond acceptors (Lipinski definition) is 3. The van der Waals surface area contributed by atoms with Crippen LogP contribution in [0.4, 0.5) is 5.69 Å². The smallest absolute Gasteiger partial charge is 0.241 e. The predicted octanol–water partition coefficient (Wildman–Crippen LogP) is 2.50. The van der Waals surface area contributed by atoms with Gasteiger partial charge in [0.1, 0.15) is 0 Å². The molecule has 4 nitrogen and oxygen atoms in total. The third-order valence-electron chi connectivity index (χ3n) is 3.51. The van der Waals surface area contributed by atoms with Crippen LogP contribution in [0.2, 0.25) is 0 Å². The van der Waals surface area contributed by atoms with Crippen LogP contribution in [-0.4, -0.2) is 21.6 Å². The molecule has 0 saturated heterocycles. The fourth-order valence-electron chi connectivity index (χ4n) is 2.23. The standard InChI is InChI=1S/C17H16N2O2S/c1-12-6-8-13(9-7-12)10-19-17(20)16-11-18-14-4-2-3-5-15(14)22(16)21/h2-9,11,16H,10H2,1H3,(H,19,20). The van der Waals surface area contributed by atoms with Gasteiger partial charge in [0.15, 0.2) is 5.25 Å². The molecule has 0 fully saturated rings. The summed E-state index contributed by atoms with van der Waals surface area (Å²) in [5, 5.41) is 2.09. The number of carbonyl (C=O) groups is 1. The number of nitrogens with zero attached hydrogens (tertiary/aromatic N) is 1. The fraction of sp³-hybridized carbons (Fsp3) is 0.176. The number of amides is 1. The van der Waals surface area contributed by atoms with E-state index in [4.69, 9.17) is 0 Å². The molecule has 3 rings (SSSR count). The van der Waals surface area contributed by atoms with Crippen molar-refractivity contribution in [1.29, 1.82) is 0 Å². The molecule has 5 heteroatoms. The number of benzene rings is 2. The minimum Gasteiger partial charge on any atom is -0.351 e. The minimum atomic E-state index is -1.41. The molecule has 1 aliphatic heterocycles. The van der Waals surface area contributed by atoms with Crippen molar-refractivity contribution in [2.75, 3.05) is 0 Å². The molecule has 0 aliphatic carbocycles. The Morgan fingerprint density at radius 1 is 1.18 bits per heavy atom. The lowest BCUT2D eigenvalue weighted by Crippen LogP contribution is -2.39. The molecule has 22 heavy (non-hydrogen) atoms. The number of fused-ring (bicyclic) bond motifs is 1. The molecule has 2 atom stereocenters. The number of para-hydroxylation sites is 1. The van der Waals surface area contributed by atoms with Crippen LogP contribution in [0.1, 0.15) is 11.1 Å². The first-order chi connectivity index (χ1) is 10.6. The van der Waals surface area contributed by atoms with Crippen molar-refractivity contribution < 1.29 is 9.00 Å². The van der Waals surface area contributed by atoms with Gasteiger partial charge < -0.3 is 5.32 Å². The van der Waals surface area contributed by atoms with Gasteiger partial charge in [0.2, 0.25) is 5.91 Å². The van der Waals surface area contributed by atoms with Gasteiger partial charge in [-0.05, 0) is 24.6 Å². The van der Waals surface area contributed by atoms with Gasteiger partial charge in [-0.15, -0.1) is 0 Å². The van der Waals surface area contributed by atoms with Crippen LogP contribution >= 0.6 is 0 Å². The quantitative estimate of drug-likeness (QED) is 0.946. The molecule has 1 N–H and O–H groups in total. The maximum Gasteiger partial charge on any atom is 0.241 e. The summed E-state index contributed by atoms with van der Waals surface area (Å²) in [6.07, 6.45) is 1.48. The van der Waals surface area contributed by atoms with Gasteiger partial charge in [0, 0.05) is 12.8 Å². The van der Waals surface area contributed by atoms with E-state index in [-0.39, 0.29) is 5.91 Å². The lowest BCUT2D eigenvalue weighted by Gasteiger charge is -2.17. The average Bonchev–Trinajstić information content (AvgIpc) is 2.55. The van der Waals surface area contributed by atoms with Crippen LogP contribution in [0, 0.1) is 6.92 Å². The zero-order valence-electron chi connectivity index (χ0n) is 12.2. The molecule has 1 amide bonds. The molecule has 1 heterocycles. The van der Waals surface area contributed by atoms with Crippen molar-refractivity contribution in [3.8, 4) is 0 Å². The molecule has 0 saturated carbocycles. The maximum atomic E-state index is 12.5. The van der Waals surface area contributed by atoms with E-state index < -0.39 is 16.0 Å². The molecule has 2 aromatic rings. The van der Waals surface area contributed by atoms with E-state index in [0.717, 1.165) is 5.56 Å². The third-order valence-corrected chi connectivity index (χ3v) is 5.08. The van der Waals surface area contributed by atoms with Crippen molar-refractivity contribution in [2.24, 2.45) is 4.99 Å². The van der Waals surface area contributed by atoms with Gasteiger partial charge in [-0.1, -0.05) is 42.0 Å². The third kappa shape index (κ3) is 2.99. The van der Waals surface area contributed by atoms with E-state index in [0.29, 0.717) is 17.1 Å². The normalized spacial score (nSPS) is 19.5. The second-order valence-electron chi connectivity index (χ2n) is 5.17. The van der Waals surface area contributed by atoms with Crippen LogP contribution in [0.25, 0.3) is 0 Å². The van der Waals surface area contributed by atoms with Crippen molar-refractivity contribution in [3.63, 3.8) is 0 Å². The second kappa shape index (κ2) is 6.23. The van der Waals surface area contributed by atoms with Crippen LogP contribution in [0.3, 0.4) is 0 Å². The lowest BCUT2D eigenvalue weighted by atomic mass is 10.1. The Bertz CT molecular complexity index is 754. The van der Waals surface area contributed by atoms with Gasteiger partial charge in [-0.25, -0.2) is 0 Å². The number of aliphatic imine (C=N–C) groups is 1. The number of hydrogen-bond donors (Lipinski definition) is 1. The molecule has 0 bridgehead atoms. The summed E-state index contributed by atoms with van der Waals surface area (Å²) in [6, 6.07) is 15.1.